The number of alkyl halides is 3. The van der Waals surface area contributed by atoms with Gasteiger partial charge in [-0.05, 0) is 42.8 Å². The largest absolute Gasteiger partial charge is 0.416 e. The van der Waals surface area contributed by atoms with E-state index in [0.717, 1.165) is 48.6 Å². The quantitative estimate of drug-likeness (QED) is 0.752. The van der Waals surface area contributed by atoms with Crippen LogP contribution in [0.5, 0.6) is 0 Å². The van der Waals surface area contributed by atoms with E-state index in [1.165, 1.54) is 12.1 Å². The third-order valence-electron chi connectivity index (χ3n) is 4.22. The number of halogens is 3. The van der Waals surface area contributed by atoms with Crippen LogP contribution >= 0.6 is 0 Å². The van der Waals surface area contributed by atoms with Crippen LogP contribution in [-0.2, 0) is 19.1 Å². The number of rotatable bonds is 3. The Kier molecular flexibility index (Phi) is 3.71. The summed E-state index contributed by atoms with van der Waals surface area (Å²) in [4.78, 5) is 8.97. The first-order valence-electron chi connectivity index (χ1n) is 7.96. The number of hydrogen-bond donors (Lipinski definition) is 1. The Bertz CT molecular complexity index is 876. The summed E-state index contributed by atoms with van der Waals surface area (Å²) >= 11 is 0. The van der Waals surface area contributed by atoms with Gasteiger partial charge in [0.1, 0.15) is 11.6 Å². The van der Waals surface area contributed by atoms with Gasteiger partial charge in [0, 0.05) is 36.6 Å². The third-order valence-corrected chi connectivity index (χ3v) is 4.22. The van der Waals surface area contributed by atoms with Crippen molar-refractivity contribution in [3.63, 3.8) is 0 Å². The van der Waals surface area contributed by atoms with Crippen LogP contribution in [0.25, 0.3) is 11.3 Å². The zero-order chi connectivity index (χ0) is 17.4. The Morgan fingerprint density at radius 2 is 1.88 bits per heavy atom. The highest BCUT2D eigenvalue weighted by molar-refractivity contribution is 5.76. The second-order valence-corrected chi connectivity index (χ2v) is 5.94. The maximum absolute atomic E-state index is 12.7. The molecule has 0 unspecified atom stereocenters. The monoisotopic (exact) mass is 344 g/mol. The van der Waals surface area contributed by atoms with E-state index in [0.29, 0.717) is 11.5 Å². The molecule has 4 rings (SSSR count). The van der Waals surface area contributed by atoms with E-state index in [4.69, 9.17) is 0 Å². The Hall–Kier alpha value is -2.83. The van der Waals surface area contributed by atoms with E-state index < -0.39 is 11.7 Å². The van der Waals surface area contributed by atoms with Crippen LogP contribution < -0.4 is 5.32 Å². The minimum atomic E-state index is -4.34. The highest BCUT2D eigenvalue weighted by atomic mass is 19.4. The van der Waals surface area contributed by atoms with Gasteiger partial charge < -0.3 is 9.88 Å². The highest BCUT2D eigenvalue weighted by Gasteiger charge is 2.30. The van der Waals surface area contributed by atoms with Crippen molar-refractivity contribution in [2.75, 3.05) is 5.32 Å². The zero-order valence-corrected chi connectivity index (χ0v) is 13.2. The van der Waals surface area contributed by atoms with Crippen LogP contribution in [0.3, 0.4) is 0 Å². The molecule has 128 valence electrons. The zero-order valence-electron chi connectivity index (χ0n) is 13.2. The van der Waals surface area contributed by atoms with Gasteiger partial charge in [0.15, 0.2) is 0 Å². The summed E-state index contributed by atoms with van der Waals surface area (Å²) in [5.41, 5.74) is 1.51. The lowest BCUT2D eigenvalue weighted by Crippen LogP contribution is -2.04. The van der Waals surface area contributed by atoms with Gasteiger partial charge in [-0.2, -0.15) is 13.2 Å². The number of nitrogens with one attached hydrogen (secondary N) is 1. The van der Waals surface area contributed by atoms with Gasteiger partial charge in [0.25, 0.3) is 0 Å². The fraction of sp³-hybridized carbons (Fsp3) is 0.222. The number of aryl methyl sites for hydroxylation is 2. The van der Waals surface area contributed by atoms with Gasteiger partial charge in [-0.1, -0.05) is 0 Å². The third kappa shape index (κ3) is 3.09. The fourth-order valence-corrected chi connectivity index (χ4v) is 2.98. The van der Waals surface area contributed by atoms with Gasteiger partial charge in [-0.15, -0.1) is 0 Å². The Balaban J connectivity index is 1.63. The summed E-state index contributed by atoms with van der Waals surface area (Å²) < 4.78 is 40.1. The van der Waals surface area contributed by atoms with Crippen LogP contribution in [0.4, 0.5) is 24.7 Å². The van der Waals surface area contributed by atoms with E-state index in [-0.39, 0.29) is 0 Å². The SMILES string of the molecule is FC(F)(F)c1ccc(Nc2ncccc2-c2cn3c(n2)CCC3)cc1. The van der Waals surface area contributed by atoms with Crippen molar-refractivity contribution in [3.05, 3.63) is 60.2 Å². The molecule has 4 nitrogen and oxygen atoms in total. The number of benzene rings is 1. The molecule has 7 heteroatoms. The summed E-state index contributed by atoms with van der Waals surface area (Å²) in [5, 5.41) is 3.09. The van der Waals surface area contributed by atoms with Crippen molar-refractivity contribution >= 4 is 11.5 Å². The van der Waals surface area contributed by atoms with E-state index in [2.05, 4.69) is 19.9 Å². The van der Waals surface area contributed by atoms with Crippen molar-refractivity contribution in [3.8, 4) is 11.3 Å². The van der Waals surface area contributed by atoms with Crippen LogP contribution in [-0.4, -0.2) is 14.5 Å². The topological polar surface area (TPSA) is 42.7 Å². The number of nitrogens with zero attached hydrogens (tertiary/aromatic N) is 3. The molecule has 2 aromatic heterocycles. The van der Waals surface area contributed by atoms with Crippen molar-refractivity contribution in [2.24, 2.45) is 0 Å². The van der Waals surface area contributed by atoms with E-state index in [1.807, 2.05) is 18.3 Å². The van der Waals surface area contributed by atoms with Gasteiger partial charge in [-0.3, -0.25) is 0 Å². The van der Waals surface area contributed by atoms with Crippen LogP contribution in [0.15, 0.2) is 48.8 Å². The number of aromatic nitrogens is 3. The predicted molar refractivity (Wildman–Crippen MR) is 88.5 cm³/mol. The van der Waals surface area contributed by atoms with Crippen LogP contribution in [0, 0.1) is 0 Å². The molecule has 3 aromatic rings. The van der Waals surface area contributed by atoms with Crippen LogP contribution in [0.2, 0.25) is 0 Å². The molecular weight excluding hydrogens is 329 g/mol. The second kappa shape index (κ2) is 5.91. The van der Waals surface area contributed by atoms with Crippen LogP contribution in [0.1, 0.15) is 17.8 Å². The van der Waals surface area contributed by atoms with Crippen molar-refractivity contribution in [2.45, 2.75) is 25.6 Å². The molecule has 0 aliphatic carbocycles. The number of fused-ring (bicyclic) bond motifs is 1. The number of pyridine rings is 1. The predicted octanol–water partition coefficient (Wildman–Crippen LogP) is 4.65. The molecule has 1 aliphatic rings. The summed E-state index contributed by atoms with van der Waals surface area (Å²) in [7, 11) is 0. The van der Waals surface area contributed by atoms with Gasteiger partial charge in [-0.25, -0.2) is 9.97 Å². The normalized spacial score (nSPS) is 13.7. The molecular formula is C18H15F3N4. The summed E-state index contributed by atoms with van der Waals surface area (Å²) in [6.45, 7) is 0.963. The smallest absolute Gasteiger partial charge is 0.340 e. The average molecular weight is 344 g/mol. The Morgan fingerprint density at radius 1 is 1.08 bits per heavy atom. The minimum absolute atomic E-state index is 0.541. The lowest BCUT2D eigenvalue weighted by Gasteiger charge is -2.11. The Labute approximate surface area is 142 Å². The molecule has 0 spiro atoms. The first kappa shape index (κ1) is 15.7. The van der Waals surface area contributed by atoms with E-state index >= 15 is 0 Å². The molecule has 1 aliphatic heterocycles. The molecule has 0 atom stereocenters. The molecule has 1 aromatic carbocycles. The molecule has 0 bridgehead atoms. The Morgan fingerprint density at radius 3 is 2.60 bits per heavy atom. The molecule has 3 heterocycles. The van der Waals surface area contributed by atoms with Gasteiger partial charge >= 0.3 is 6.18 Å². The van der Waals surface area contributed by atoms with E-state index in [9.17, 15) is 13.2 Å². The van der Waals surface area contributed by atoms with Gasteiger partial charge in [0.05, 0.1) is 11.3 Å². The number of hydrogen-bond acceptors (Lipinski definition) is 3. The average Bonchev–Trinajstić information content (AvgIpc) is 3.17. The maximum Gasteiger partial charge on any atom is 0.416 e. The van der Waals surface area contributed by atoms with Gasteiger partial charge in [0.2, 0.25) is 0 Å². The molecule has 1 N–H and O–H groups in total. The number of anilines is 2. The van der Waals surface area contributed by atoms with Crippen molar-refractivity contribution in [1.82, 2.24) is 14.5 Å². The standard InChI is InChI=1S/C18H15F3N4/c19-18(20,21)12-5-7-13(8-6-12)23-17-14(3-1-9-22-17)15-11-25-10-2-4-16(25)24-15/h1,3,5-9,11H,2,4,10H2,(H,22,23). The second-order valence-electron chi connectivity index (χ2n) is 5.94. The van der Waals surface area contributed by atoms with Crippen molar-refractivity contribution in [1.29, 1.82) is 0 Å². The lowest BCUT2D eigenvalue weighted by molar-refractivity contribution is -0.137. The summed E-state index contributed by atoms with van der Waals surface area (Å²) in [5.74, 6) is 1.62. The molecule has 0 saturated heterocycles. The molecule has 0 amide bonds. The first-order chi connectivity index (χ1) is 12.0. The van der Waals surface area contributed by atoms with Crippen molar-refractivity contribution < 1.29 is 13.2 Å². The fourth-order valence-electron chi connectivity index (χ4n) is 2.98. The molecule has 0 fully saturated rings. The summed E-state index contributed by atoms with van der Waals surface area (Å²) in [6, 6.07) is 8.62. The molecule has 0 saturated carbocycles. The maximum atomic E-state index is 12.7. The highest BCUT2D eigenvalue weighted by Crippen LogP contribution is 2.32. The molecule has 25 heavy (non-hydrogen) atoms. The summed E-state index contributed by atoms with van der Waals surface area (Å²) in [6.07, 6.45) is 1.36. The number of imidazole rings is 1. The van der Waals surface area contributed by atoms with E-state index in [1.54, 1.807) is 6.20 Å². The lowest BCUT2D eigenvalue weighted by atomic mass is 10.1. The first-order valence-corrected chi connectivity index (χ1v) is 7.96. The minimum Gasteiger partial charge on any atom is -0.340 e. The molecule has 0 radical (unpaired) electrons.